The number of furan rings is 1. The molecule has 146 valence electrons. The predicted molar refractivity (Wildman–Crippen MR) is 82.2 cm³/mol. The second kappa shape index (κ2) is 7.27. The highest BCUT2D eigenvalue weighted by Gasteiger charge is 2.40. The second-order valence-electron chi connectivity index (χ2n) is 5.95. The lowest BCUT2D eigenvalue weighted by Crippen LogP contribution is -2.51. The molecule has 8 nitrogen and oxygen atoms in total. The first-order chi connectivity index (χ1) is 11.9. The first-order valence-electron chi connectivity index (χ1n) is 7.53. The van der Waals surface area contributed by atoms with E-state index in [-0.39, 0.29) is 37.3 Å². The van der Waals surface area contributed by atoms with Gasteiger partial charge in [0.15, 0.2) is 5.76 Å². The lowest BCUT2D eigenvalue weighted by atomic mass is 10.0. The number of rotatable bonds is 5. The fraction of sp³-hybridized carbons (Fsp3) is 0.571. The number of carbonyl (C=O) groups excluding carboxylic acids is 1. The molecule has 1 aromatic rings. The Kier molecular flexibility index (Phi) is 5.66. The van der Waals surface area contributed by atoms with Gasteiger partial charge in [0, 0.05) is 25.2 Å². The Morgan fingerprint density at radius 1 is 1.35 bits per heavy atom. The molecular formula is C14H17F3N2O6S. The van der Waals surface area contributed by atoms with E-state index in [1.54, 1.807) is 0 Å². The van der Waals surface area contributed by atoms with E-state index >= 15 is 0 Å². The Morgan fingerprint density at radius 2 is 1.92 bits per heavy atom. The average Bonchev–Trinajstić information content (AvgIpc) is 3.00. The van der Waals surface area contributed by atoms with Crippen molar-refractivity contribution in [3.8, 4) is 0 Å². The summed E-state index contributed by atoms with van der Waals surface area (Å²) >= 11 is 0. The topological polar surface area (TPSA) is 108 Å². The molecule has 1 amide bonds. The van der Waals surface area contributed by atoms with Crippen molar-refractivity contribution >= 4 is 21.9 Å². The molecule has 0 unspecified atom stereocenters. The maximum Gasteiger partial charge on any atom is 0.402 e. The zero-order valence-electron chi connectivity index (χ0n) is 13.7. The van der Waals surface area contributed by atoms with Crippen LogP contribution in [0.5, 0.6) is 0 Å². The molecule has 1 aliphatic rings. The average molecular weight is 398 g/mol. The van der Waals surface area contributed by atoms with Gasteiger partial charge in [0.1, 0.15) is 12.8 Å². The molecule has 2 rings (SSSR count). The Labute approximate surface area is 147 Å². The number of amides is 1. The number of carbonyl (C=O) groups is 2. The molecule has 0 radical (unpaired) electrons. The van der Waals surface area contributed by atoms with E-state index in [4.69, 9.17) is 9.52 Å². The first kappa shape index (κ1) is 20.2. The van der Waals surface area contributed by atoms with Crippen molar-refractivity contribution in [2.45, 2.75) is 25.1 Å². The fourth-order valence-corrected chi connectivity index (χ4v) is 3.90. The molecule has 0 aromatic carbocycles. The van der Waals surface area contributed by atoms with Crippen molar-refractivity contribution in [2.75, 3.05) is 25.9 Å². The highest BCUT2D eigenvalue weighted by Crippen LogP contribution is 2.25. The summed E-state index contributed by atoms with van der Waals surface area (Å²) in [6, 6.07) is 0.185. The van der Waals surface area contributed by atoms with Gasteiger partial charge in [-0.3, -0.25) is 4.79 Å². The van der Waals surface area contributed by atoms with E-state index in [0.717, 1.165) is 12.3 Å². The van der Waals surface area contributed by atoms with Crippen LogP contribution in [0.3, 0.4) is 0 Å². The summed E-state index contributed by atoms with van der Waals surface area (Å²) in [6.07, 6.45) is -2.98. The number of hydrogen-bond donors (Lipinski definition) is 1. The molecule has 0 saturated carbocycles. The van der Waals surface area contributed by atoms with Crippen LogP contribution in [0.1, 0.15) is 33.8 Å². The predicted octanol–water partition coefficient (Wildman–Crippen LogP) is 1.41. The van der Waals surface area contributed by atoms with Crippen molar-refractivity contribution in [2.24, 2.45) is 0 Å². The Balaban J connectivity index is 2.04. The van der Waals surface area contributed by atoms with Crippen LogP contribution in [-0.4, -0.2) is 72.7 Å². The Hall–Kier alpha value is -2.08. The summed E-state index contributed by atoms with van der Waals surface area (Å²) in [5.74, 6) is -2.06. The molecule has 1 aliphatic heterocycles. The van der Waals surface area contributed by atoms with Gasteiger partial charge in [0.25, 0.3) is 5.91 Å². The van der Waals surface area contributed by atoms with E-state index in [0.29, 0.717) is 10.6 Å². The minimum Gasteiger partial charge on any atom is -0.478 e. The monoisotopic (exact) mass is 398 g/mol. The number of piperidine rings is 1. The number of carboxylic acid groups (broad SMARTS) is 1. The molecule has 0 spiro atoms. The first-order valence-corrected chi connectivity index (χ1v) is 9.38. The fourth-order valence-electron chi connectivity index (χ4n) is 2.77. The number of likely N-dealkylation sites (tertiary alicyclic amines) is 1. The van der Waals surface area contributed by atoms with Crippen molar-refractivity contribution in [3.63, 3.8) is 0 Å². The summed E-state index contributed by atoms with van der Waals surface area (Å²) in [5.41, 5.74) is -0.198. The van der Waals surface area contributed by atoms with Gasteiger partial charge >= 0.3 is 12.1 Å². The van der Waals surface area contributed by atoms with Gasteiger partial charge in [-0.2, -0.15) is 17.5 Å². The van der Waals surface area contributed by atoms with E-state index < -0.39 is 40.7 Å². The lowest BCUT2D eigenvalue weighted by Gasteiger charge is -2.37. The molecule has 2 heterocycles. The maximum atomic E-state index is 12.7. The van der Waals surface area contributed by atoms with Crippen LogP contribution >= 0.6 is 0 Å². The van der Waals surface area contributed by atoms with Crippen molar-refractivity contribution in [3.05, 3.63) is 23.7 Å². The zero-order valence-corrected chi connectivity index (χ0v) is 14.5. The normalized spacial score (nSPS) is 16.9. The van der Waals surface area contributed by atoms with E-state index in [9.17, 15) is 31.2 Å². The Morgan fingerprint density at radius 3 is 2.35 bits per heavy atom. The molecule has 0 bridgehead atoms. The maximum absolute atomic E-state index is 12.7. The Bertz CT molecular complexity index is 781. The molecule has 1 N–H and O–H groups in total. The summed E-state index contributed by atoms with van der Waals surface area (Å²) in [7, 11) is -4.07. The standard InChI is InChI=1S/C14H17F3N2O6S/c1-26(23,24)19(8-14(15,16)17)10-2-4-18(5-3-10)12(20)11-6-9(7-25-11)13(21)22/h6-7,10H,2-5,8H2,1H3,(H,21,22). The SMILES string of the molecule is CS(=O)(=O)N(CC(F)(F)F)C1CCN(C(=O)c2cc(C(=O)O)co2)CC1. The van der Waals surface area contributed by atoms with Crippen molar-refractivity contribution in [1.82, 2.24) is 9.21 Å². The van der Waals surface area contributed by atoms with E-state index in [1.807, 2.05) is 0 Å². The van der Waals surface area contributed by atoms with Crippen molar-refractivity contribution < 1.29 is 40.7 Å². The number of sulfonamides is 1. The van der Waals surface area contributed by atoms with Gasteiger partial charge in [-0.05, 0) is 12.8 Å². The van der Waals surface area contributed by atoms with E-state index in [2.05, 4.69) is 0 Å². The minimum atomic E-state index is -4.67. The van der Waals surface area contributed by atoms with Crippen LogP contribution in [0.25, 0.3) is 0 Å². The van der Waals surface area contributed by atoms with Gasteiger partial charge in [0.2, 0.25) is 10.0 Å². The quantitative estimate of drug-likeness (QED) is 0.803. The molecule has 12 heteroatoms. The summed E-state index contributed by atoms with van der Waals surface area (Å²) in [4.78, 5) is 24.4. The van der Waals surface area contributed by atoms with Gasteiger partial charge in [0.05, 0.1) is 11.8 Å². The van der Waals surface area contributed by atoms with Crippen LogP contribution in [0.2, 0.25) is 0 Å². The molecular weight excluding hydrogens is 381 g/mol. The van der Waals surface area contributed by atoms with Gasteiger partial charge in [-0.25, -0.2) is 13.2 Å². The molecule has 1 aromatic heterocycles. The summed E-state index contributed by atoms with van der Waals surface area (Å²) < 4.78 is 66.7. The number of aromatic carboxylic acids is 1. The molecule has 1 saturated heterocycles. The third-order valence-electron chi connectivity index (χ3n) is 3.98. The largest absolute Gasteiger partial charge is 0.478 e. The third-order valence-corrected chi connectivity index (χ3v) is 5.26. The van der Waals surface area contributed by atoms with Gasteiger partial charge in [-0.15, -0.1) is 0 Å². The molecule has 1 fully saturated rings. The molecule has 0 aliphatic carbocycles. The van der Waals surface area contributed by atoms with Gasteiger partial charge < -0.3 is 14.4 Å². The summed E-state index contributed by atoms with van der Waals surface area (Å²) in [5, 5.41) is 8.82. The minimum absolute atomic E-state index is 0.0243. The zero-order chi connectivity index (χ0) is 19.7. The second-order valence-corrected chi connectivity index (χ2v) is 7.89. The smallest absolute Gasteiger partial charge is 0.402 e. The van der Waals surface area contributed by atoms with Crippen LogP contribution in [0.15, 0.2) is 16.7 Å². The molecule has 26 heavy (non-hydrogen) atoms. The van der Waals surface area contributed by atoms with Crippen LogP contribution in [0.4, 0.5) is 13.2 Å². The highest BCUT2D eigenvalue weighted by atomic mass is 32.2. The number of carboxylic acids is 1. The number of halogens is 3. The number of nitrogens with zero attached hydrogens (tertiary/aromatic N) is 2. The van der Waals surface area contributed by atoms with Crippen LogP contribution in [-0.2, 0) is 10.0 Å². The summed E-state index contributed by atoms with van der Waals surface area (Å²) in [6.45, 7) is -1.53. The van der Waals surface area contributed by atoms with Gasteiger partial charge in [-0.1, -0.05) is 0 Å². The van der Waals surface area contributed by atoms with E-state index in [1.165, 1.54) is 4.90 Å². The van der Waals surface area contributed by atoms with Crippen LogP contribution < -0.4 is 0 Å². The lowest BCUT2D eigenvalue weighted by molar-refractivity contribution is -0.140. The number of hydrogen-bond acceptors (Lipinski definition) is 5. The van der Waals surface area contributed by atoms with Crippen LogP contribution in [0, 0.1) is 0 Å². The number of alkyl halides is 3. The van der Waals surface area contributed by atoms with Crippen molar-refractivity contribution in [1.29, 1.82) is 0 Å². The highest BCUT2D eigenvalue weighted by molar-refractivity contribution is 7.88. The third kappa shape index (κ3) is 4.97. The molecule has 0 atom stereocenters.